The van der Waals surface area contributed by atoms with Crippen molar-refractivity contribution in [1.29, 1.82) is 0 Å². The van der Waals surface area contributed by atoms with Gasteiger partial charge in [-0.25, -0.2) is 0 Å². The van der Waals surface area contributed by atoms with Crippen LogP contribution in [0, 0.1) is 5.92 Å². The molecule has 1 atom stereocenters. The van der Waals surface area contributed by atoms with Gasteiger partial charge in [-0.1, -0.05) is 6.07 Å². The first-order valence-corrected chi connectivity index (χ1v) is 6.93. The summed E-state index contributed by atoms with van der Waals surface area (Å²) in [5, 5.41) is 2.87. The molecule has 5 heteroatoms. The lowest BCUT2D eigenvalue weighted by Crippen LogP contribution is -2.30. The number of carbonyl (C=O) groups is 1. The van der Waals surface area contributed by atoms with Crippen LogP contribution in [0.3, 0.4) is 0 Å². The molecule has 5 nitrogen and oxygen atoms in total. The Morgan fingerprint density at radius 2 is 2.25 bits per heavy atom. The molecule has 2 rings (SSSR count). The number of hydrogen-bond donors (Lipinski definition) is 2. The zero-order valence-electron chi connectivity index (χ0n) is 12.0. The summed E-state index contributed by atoms with van der Waals surface area (Å²) in [4.78, 5) is 11.7. The summed E-state index contributed by atoms with van der Waals surface area (Å²) < 4.78 is 10.7. The summed E-state index contributed by atoms with van der Waals surface area (Å²) in [6.07, 6.45) is 2.43. The third-order valence-corrected chi connectivity index (χ3v) is 3.35. The predicted molar refractivity (Wildman–Crippen MR) is 76.8 cm³/mol. The van der Waals surface area contributed by atoms with Crippen LogP contribution in [0.5, 0.6) is 11.5 Å². The van der Waals surface area contributed by atoms with Gasteiger partial charge in [-0.2, -0.15) is 0 Å². The fraction of sp³-hybridized carbons (Fsp3) is 0.533. The Kier molecular flexibility index (Phi) is 4.84. The molecule has 1 amide bonds. The van der Waals surface area contributed by atoms with Crippen molar-refractivity contribution in [2.75, 3.05) is 20.3 Å². The van der Waals surface area contributed by atoms with Gasteiger partial charge in [-0.05, 0) is 31.7 Å². The molecule has 1 fully saturated rings. The van der Waals surface area contributed by atoms with E-state index in [0.717, 1.165) is 12.1 Å². The van der Waals surface area contributed by atoms with Crippen molar-refractivity contribution in [2.45, 2.75) is 25.8 Å². The number of benzene rings is 1. The number of nitrogens with two attached hydrogens (primary N) is 1. The van der Waals surface area contributed by atoms with E-state index in [-0.39, 0.29) is 18.6 Å². The van der Waals surface area contributed by atoms with Crippen molar-refractivity contribution in [3.63, 3.8) is 0 Å². The fourth-order valence-electron chi connectivity index (χ4n) is 1.92. The molecule has 20 heavy (non-hydrogen) atoms. The van der Waals surface area contributed by atoms with Crippen molar-refractivity contribution < 1.29 is 14.3 Å². The molecule has 0 saturated heterocycles. The average Bonchev–Trinajstić information content (AvgIpc) is 3.26. The van der Waals surface area contributed by atoms with E-state index in [0.29, 0.717) is 17.4 Å². The van der Waals surface area contributed by atoms with Gasteiger partial charge in [0.05, 0.1) is 7.11 Å². The van der Waals surface area contributed by atoms with Gasteiger partial charge in [0.2, 0.25) is 0 Å². The normalized spacial score (nSPS) is 15.6. The van der Waals surface area contributed by atoms with E-state index < -0.39 is 0 Å². The van der Waals surface area contributed by atoms with Gasteiger partial charge in [-0.15, -0.1) is 0 Å². The number of rotatable bonds is 7. The molecular weight excluding hydrogens is 256 g/mol. The van der Waals surface area contributed by atoms with E-state index in [2.05, 4.69) is 5.32 Å². The topological polar surface area (TPSA) is 73.6 Å². The van der Waals surface area contributed by atoms with E-state index in [9.17, 15) is 4.79 Å². The predicted octanol–water partition coefficient (Wildman–Crippen LogP) is 1.62. The van der Waals surface area contributed by atoms with Gasteiger partial charge in [0.15, 0.2) is 6.61 Å². The molecule has 0 aliphatic heterocycles. The summed E-state index contributed by atoms with van der Waals surface area (Å²) in [6, 6.07) is 5.29. The van der Waals surface area contributed by atoms with Crippen molar-refractivity contribution in [1.82, 2.24) is 5.32 Å². The minimum Gasteiger partial charge on any atom is -0.497 e. The molecule has 3 N–H and O–H groups in total. The van der Waals surface area contributed by atoms with Gasteiger partial charge >= 0.3 is 0 Å². The molecule has 1 saturated carbocycles. The minimum atomic E-state index is -0.162. The number of methoxy groups -OCH3 is 1. The van der Waals surface area contributed by atoms with Crippen molar-refractivity contribution in [2.24, 2.45) is 11.7 Å². The van der Waals surface area contributed by atoms with E-state index in [1.54, 1.807) is 13.2 Å². The lowest BCUT2D eigenvalue weighted by molar-refractivity contribution is -0.123. The SMILES string of the molecule is COc1ccc([C@@H](C)N)c(OCC(=O)NCC2CC2)c1. The van der Waals surface area contributed by atoms with Gasteiger partial charge in [0, 0.05) is 24.2 Å². The lowest BCUT2D eigenvalue weighted by Gasteiger charge is -2.15. The Hall–Kier alpha value is -1.75. The third-order valence-electron chi connectivity index (χ3n) is 3.35. The number of nitrogens with one attached hydrogen (secondary N) is 1. The van der Waals surface area contributed by atoms with Crippen LogP contribution in [-0.4, -0.2) is 26.2 Å². The van der Waals surface area contributed by atoms with Crippen molar-refractivity contribution in [3.8, 4) is 11.5 Å². The first kappa shape index (κ1) is 14.7. The fourth-order valence-corrected chi connectivity index (χ4v) is 1.92. The molecule has 0 spiro atoms. The average molecular weight is 278 g/mol. The highest BCUT2D eigenvalue weighted by Crippen LogP contribution is 2.29. The Morgan fingerprint density at radius 3 is 2.85 bits per heavy atom. The van der Waals surface area contributed by atoms with Crippen LogP contribution in [0.15, 0.2) is 18.2 Å². The van der Waals surface area contributed by atoms with Crippen molar-refractivity contribution in [3.05, 3.63) is 23.8 Å². The number of carbonyl (C=O) groups excluding carboxylic acids is 1. The maximum absolute atomic E-state index is 11.7. The molecule has 0 radical (unpaired) electrons. The van der Waals surface area contributed by atoms with Crippen LogP contribution in [-0.2, 0) is 4.79 Å². The number of hydrogen-bond acceptors (Lipinski definition) is 4. The lowest BCUT2D eigenvalue weighted by atomic mass is 10.1. The molecule has 1 aliphatic rings. The Balaban J connectivity index is 1.93. The Morgan fingerprint density at radius 1 is 1.50 bits per heavy atom. The number of amides is 1. The molecule has 0 heterocycles. The first-order valence-electron chi connectivity index (χ1n) is 6.93. The zero-order valence-corrected chi connectivity index (χ0v) is 12.0. The molecule has 1 aromatic rings. The van der Waals surface area contributed by atoms with Crippen LogP contribution < -0.4 is 20.5 Å². The van der Waals surface area contributed by atoms with Crippen molar-refractivity contribution >= 4 is 5.91 Å². The monoisotopic (exact) mass is 278 g/mol. The second-order valence-corrected chi connectivity index (χ2v) is 5.23. The molecular formula is C15H22N2O3. The van der Waals surface area contributed by atoms with E-state index >= 15 is 0 Å². The minimum absolute atomic E-state index is 0.000389. The zero-order chi connectivity index (χ0) is 14.5. The summed E-state index contributed by atoms with van der Waals surface area (Å²) in [5.74, 6) is 1.84. The first-order chi connectivity index (χ1) is 9.60. The van der Waals surface area contributed by atoms with Gasteiger partial charge in [-0.3, -0.25) is 4.79 Å². The summed E-state index contributed by atoms with van der Waals surface area (Å²) in [5.41, 5.74) is 6.76. The smallest absolute Gasteiger partial charge is 0.257 e. The number of ether oxygens (including phenoxy) is 2. The second-order valence-electron chi connectivity index (χ2n) is 5.23. The summed E-state index contributed by atoms with van der Waals surface area (Å²) in [6.45, 7) is 2.63. The molecule has 0 unspecified atom stereocenters. The Labute approximate surface area is 119 Å². The van der Waals surface area contributed by atoms with E-state index in [1.807, 2.05) is 19.1 Å². The van der Waals surface area contributed by atoms with Gasteiger partial charge in [0.25, 0.3) is 5.91 Å². The molecule has 0 bridgehead atoms. The van der Waals surface area contributed by atoms with E-state index in [4.69, 9.17) is 15.2 Å². The highest BCUT2D eigenvalue weighted by Gasteiger charge is 2.21. The van der Waals surface area contributed by atoms with Crippen LogP contribution in [0.4, 0.5) is 0 Å². The maximum Gasteiger partial charge on any atom is 0.257 e. The van der Waals surface area contributed by atoms with Crippen LogP contribution in [0.25, 0.3) is 0 Å². The van der Waals surface area contributed by atoms with Gasteiger partial charge < -0.3 is 20.5 Å². The molecule has 1 aliphatic carbocycles. The standard InChI is InChI=1S/C15H22N2O3/c1-10(16)13-6-5-12(19-2)7-14(13)20-9-15(18)17-8-11-3-4-11/h5-7,10-11H,3-4,8-9,16H2,1-2H3,(H,17,18)/t10-/m1/s1. The second kappa shape index (κ2) is 6.61. The largest absolute Gasteiger partial charge is 0.497 e. The molecule has 0 aromatic heterocycles. The van der Waals surface area contributed by atoms with Crippen LogP contribution >= 0.6 is 0 Å². The third kappa shape index (κ3) is 4.13. The highest BCUT2D eigenvalue weighted by molar-refractivity contribution is 5.77. The van der Waals surface area contributed by atoms with E-state index in [1.165, 1.54) is 12.8 Å². The summed E-state index contributed by atoms with van der Waals surface area (Å²) in [7, 11) is 1.59. The maximum atomic E-state index is 11.7. The van der Waals surface area contributed by atoms with Crippen LogP contribution in [0.1, 0.15) is 31.4 Å². The highest BCUT2D eigenvalue weighted by atomic mass is 16.5. The van der Waals surface area contributed by atoms with Crippen LogP contribution in [0.2, 0.25) is 0 Å². The molecule has 110 valence electrons. The molecule has 1 aromatic carbocycles. The quantitative estimate of drug-likeness (QED) is 0.795. The summed E-state index contributed by atoms with van der Waals surface area (Å²) >= 11 is 0. The van der Waals surface area contributed by atoms with Gasteiger partial charge in [0.1, 0.15) is 11.5 Å². The Bertz CT molecular complexity index is 470.